The van der Waals surface area contributed by atoms with Crippen molar-refractivity contribution in [3.63, 3.8) is 0 Å². The van der Waals surface area contributed by atoms with Crippen molar-refractivity contribution in [2.75, 3.05) is 77.8 Å². The number of nitrogens with zero attached hydrogens (tertiary/aromatic N) is 6. The van der Waals surface area contributed by atoms with Crippen LogP contribution in [0.5, 0.6) is 5.75 Å². The minimum atomic E-state index is -1.06. The normalized spacial score (nSPS) is 19.9. The molecular weight excluding hydrogens is 677 g/mol. The molecule has 0 aliphatic carbocycles. The Morgan fingerprint density at radius 1 is 0.981 bits per heavy atom. The van der Waals surface area contributed by atoms with Crippen molar-refractivity contribution < 1.29 is 34.2 Å². The molecule has 0 bridgehead atoms. The number of nitrogens with one attached hydrogen (secondary N) is 1. The minimum Gasteiger partial charge on any atom is -0.508 e. The second-order valence-corrected chi connectivity index (χ2v) is 14.7. The number of ether oxygens (including phenoxy) is 1. The molecule has 3 N–H and O–H groups in total. The molecule has 3 saturated heterocycles. The van der Waals surface area contributed by atoms with Gasteiger partial charge in [-0.1, -0.05) is 36.9 Å². The van der Waals surface area contributed by atoms with E-state index in [9.17, 15) is 29.5 Å². The van der Waals surface area contributed by atoms with Crippen LogP contribution in [0.15, 0.2) is 43.0 Å². The van der Waals surface area contributed by atoms with Crippen LogP contribution < -0.4 is 10.8 Å². The second-order valence-electron chi connectivity index (χ2n) is 14.7. The number of fused-ring (bicyclic) bond motifs is 1. The molecule has 0 spiro atoms. The van der Waals surface area contributed by atoms with Gasteiger partial charge in [-0.15, -0.1) is 0 Å². The third kappa shape index (κ3) is 9.14. The molecule has 284 valence electrons. The number of carbonyl (C=O) groups excluding carboxylic acids is 4. The van der Waals surface area contributed by atoms with Crippen LogP contribution in [0.3, 0.4) is 0 Å². The molecule has 3 fully saturated rings. The lowest BCUT2D eigenvalue weighted by atomic mass is 9.89. The lowest BCUT2D eigenvalue weighted by Crippen LogP contribution is -2.56. The van der Waals surface area contributed by atoms with Crippen molar-refractivity contribution in [1.82, 2.24) is 29.6 Å². The molecule has 5 amide bonds. The molecule has 14 nitrogen and oxygen atoms in total. The summed E-state index contributed by atoms with van der Waals surface area (Å²) in [5.41, 5.74) is 3.89. The van der Waals surface area contributed by atoms with E-state index in [-0.39, 0.29) is 42.6 Å². The summed E-state index contributed by atoms with van der Waals surface area (Å²) in [4.78, 5) is 62.7. The maximum atomic E-state index is 14.2. The number of hydroxylamine groups is 2. The smallest absolute Gasteiger partial charge is 0.410 e. The van der Waals surface area contributed by atoms with Crippen LogP contribution in [0.4, 0.5) is 15.3 Å². The summed E-state index contributed by atoms with van der Waals surface area (Å²) in [6.07, 6.45) is 3.65. The molecule has 0 aromatic heterocycles. The van der Waals surface area contributed by atoms with Crippen molar-refractivity contribution in [1.29, 1.82) is 0 Å². The Labute approximate surface area is 312 Å². The van der Waals surface area contributed by atoms with Crippen molar-refractivity contribution in [2.45, 2.75) is 56.7 Å². The van der Waals surface area contributed by atoms with E-state index >= 15 is 0 Å². The highest BCUT2D eigenvalue weighted by molar-refractivity contribution is 6.34. The first-order valence-corrected chi connectivity index (χ1v) is 18.8. The molecule has 1 atom stereocenters. The highest BCUT2D eigenvalue weighted by atomic mass is 16.6. The van der Waals surface area contributed by atoms with Gasteiger partial charge in [0, 0.05) is 95.7 Å². The Bertz CT molecular complexity index is 1670. The Morgan fingerprint density at radius 3 is 2.32 bits per heavy atom. The number of rotatable bonds is 9. The van der Waals surface area contributed by atoms with Crippen LogP contribution in [0.2, 0.25) is 0 Å². The Hall–Kier alpha value is -4.60. The van der Waals surface area contributed by atoms with Gasteiger partial charge in [-0.3, -0.25) is 24.6 Å². The van der Waals surface area contributed by atoms with Crippen LogP contribution >= 0.6 is 0 Å². The third-order valence-electron chi connectivity index (χ3n) is 11.3. The van der Waals surface area contributed by atoms with Gasteiger partial charge >= 0.3 is 12.1 Å². The molecule has 4 aliphatic heterocycles. The number of para-hydroxylation sites is 1. The average molecular weight is 730 g/mol. The summed E-state index contributed by atoms with van der Waals surface area (Å²) in [6, 6.07) is 11.6. The lowest BCUT2D eigenvalue weighted by Gasteiger charge is -2.43. The Morgan fingerprint density at radius 2 is 1.64 bits per heavy atom. The molecule has 53 heavy (non-hydrogen) atoms. The van der Waals surface area contributed by atoms with E-state index in [0.717, 1.165) is 62.3 Å². The molecular formula is C38H52BN7O7. The van der Waals surface area contributed by atoms with Crippen molar-refractivity contribution in [2.24, 2.45) is 0 Å². The van der Waals surface area contributed by atoms with E-state index in [4.69, 9.17) is 4.74 Å². The Balaban J connectivity index is 1.06. The van der Waals surface area contributed by atoms with Gasteiger partial charge in [0.15, 0.2) is 6.10 Å². The Kier molecular flexibility index (Phi) is 12.3. The fourth-order valence-corrected chi connectivity index (χ4v) is 8.08. The first-order valence-electron chi connectivity index (χ1n) is 18.8. The van der Waals surface area contributed by atoms with Crippen molar-refractivity contribution in [3.05, 3.63) is 59.7 Å². The number of hydrogen-bond acceptors (Lipinski definition) is 9. The number of carbonyl (C=O) groups is 4. The molecule has 0 unspecified atom stereocenters. The average Bonchev–Trinajstić information content (AvgIpc) is 3.34. The van der Waals surface area contributed by atoms with Crippen LogP contribution in [0, 0.1) is 0 Å². The molecule has 2 aromatic rings. The predicted molar refractivity (Wildman–Crippen MR) is 203 cm³/mol. The summed E-state index contributed by atoms with van der Waals surface area (Å²) >= 11 is 0. The number of amides is 5. The fourth-order valence-electron chi connectivity index (χ4n) is 8.08. The van der Waals surface area contributed by atoms with Gasteiger partial charge in [0.2, 0.25) is 0 Å². The highest BCUT2D eigenvalue weighted by Gasteiger charge is 2.37. The van der Waals surface area contributed by atoms with E-state index in [1.165, 1.54) is 7.05 Å². The zero-order chi connectivity index (χ0) is 37.6. The van der Waals surface area contributed by atoms with Gasteiger partial charge in [0.05, 0.1) is 6.54 Å². The summed E-state index contributed by atoms with van der Waals surface area (Å²) in [6.45, 7) is 9.54. The van der Waals surface area contributed by atoms with Gasteiger partial charge in [-0.05, 0) is 60.8 Å². The van der Waals surface area contributed by atoms with Gasteiger partial charge < -0.3 is 29.9 Å². The summed E-state index contributed by atoms with van der Waals surface area (Å²) < 4.78 is 6.07. The van der Waals surface area contributed by atoms with E-state index in [2.05, 4.69) is 16.8 Å². The van der Waals surface area contributed by atoms with Crippen LogP contribution in [-0.4, -0.2) is 162 Å². The summed E-state index contributed by atoms with van der Waals surface area (Å²) in [7, 11) is 3.13. The highest BCUT2D eigenvalue weighted by Crippen LogP contribution is 2.26. The first kappa shape index (κ1) is 38.1. The standard InChI is InChI=1S/C38H52BN7O7/c1-3-27-22-26(23-31(39)35(27)48)24-33(36(49)44-13-9-29(10-14-44)43-20-18-42(19-21-43)25-34(47)41(2)52)53-38(51)45-15-11-30(12-16-45)46-17-8-28-6-4-5-7-32(28)40-37(46)50/h3-7,22-23,29-30,33,48,52H,1,8-21,24-25,39H2,2H3,(H,40,50)/t33-/m1/s1. The molecule has 4 heterocycles. The number of likely N-dealkylation sites (tertiary alicyclic amines) is 2. The van der Waals surface area contributed by atoms with E-state index in [1.54, 1.807) is 29.8 Å². The van der Waals surface area contributed by atoms with Crippen molar-refractivity contribution >= 4 is 49.0 Å². The molecule has 2 aromatic carbocycles. The van der Waals surface area contributed by atoms with Gasteiger partial charge in [-0.2, -0.15) is 0 Å². The minimum absolute atomic E-state index is 0.0166. The van der Waals surface area contributed by atoms with Crippen LogP contribution in [-0.2, 0) is 27.2 Å². The zero-order valence-electron chi connectivity index (χ0n) is 30.9. The SMILES string of the molecule is Bc1cc(C[C@@H](OC(=O)N2CCC(N3CCc4ccccc4NC3=O)CC2)C(=O)N2CCC(N3CCN(CC(=O)N(C)O)CC3)CC2)cc(C=C)c1O. The number of aromatic hydroxyl groups is 1. The number of urea groups is 1. The first-order chi connectivity index (χ1) is 25.5. The number of piperazine rings is 1. The van der Waals surface area contributed by atoms with Crippen molar-refractivity contribution in [3.8, 4) is 5.75 Å². The number of hydrogen-bond donors (Lipinski definition) is 3. The lowest BCUT2D eigenvalue weighted by molar-refractivity contribution is -0.161. The second kappa shape index (κ2) is 17.0. The van der Waals surface area contributed by atoms with Gasteiger partial charge in [0.1, 0.15) is 13.6 Å². The molecule has 0 radical (unpaired) electrons. The van der Waals surface area contributed by atoms with Gasteiger partial charge in [-0.25, -0.2) is 14.7 Å². The monoisotopic (exact) mass is 729 g/mol. The van der Waals surface area contributed by atoms with E-state index < -0.39 is 12.2 Å². The molecule has 0 saturated carbocycles. The third-order valence-corrected chi connectivity index (χ3v) is 11.3. The number of piperidine rings is 2. The molecule has 15 heteroatoms. The topological polar surface area (TPSA) is 149 Å². The number of phenolic OH excluding ortho intramolecular Hbond substituents is 1. The van der Waals surface area contributed by atoms with E-state index in [1.807, 2.05) is 40.1 Å². The fraction of sp³-hybridized carbons (Fsp3) is 0.526. The van der Waals surface area contributed by atoms with Gasteiger partial charge in [0.25, 0.3) is 11.8 Å². The van der Waals surface area contributed by atoms with E-state index in [0.29, 0.717) is 67.7 Å². The number of phenols is 1. The summed E-state index contributed by atoms with van der Waals surface area (Å²) in [5, 5.41) is 23.6. The number of likely N-dealkylation sites (N-methyl/N-ethyl adjacent to an activating group) is 1. The zero-order valence-corrected chi connectivity index (χ0v) is 30.9. The quantitative estimate of drug-likeness (QED) is 0.198. The molecule has 6 rings (SSSR count). The summed E-state index contributed by atoms with van der Waals surface area (Å²) in [5.74, 6) is -0.444. The number of anilines is 1. The molecule has 4 aliphatic rings. The predicted octanol–water partition coefficient (Wildman–Crippen LogP) is 1.35. The maximum Gasteiger partial charge on any atom is 0.410 e. The number of benzene rings is 2. The largest absolute Gasteiger partial charge is 0.508 e. The van der Waals surface area contributed by atoms with Crippen LogP contribution in [0.25, 0.3) is 6.08 Å². The van der Waals surface area contributed by atoms with Crippen LogP contribution in [0.1, 0.15) is 42.4 Å². The maximum absolute atomic E-state index is 14.2.